The number of aliphatic hydroxyl groups is 2. The molecular formula is C12H13ClO5. The van der Waals surface area contributed by atoms with Gasteiger partial charge in [0.2, 0.25) is 6.79 Å². The lowest BCUT2D eigenvalue weighted by molar-refractivity contribution is 0.0166. The Bertz CT molecular complexity index is 448. The molecule has 2 rings (SSSR count). The fourth-order valence-electron chi connectivity index (χ4n) is 1.81. The summed E-state index contributed by atoms with van der Waals surface area (Å²) in [7, 11) is 0. The van der Waals surface area contributed by atoms with Crippen molar-refractivity contribution in [1.29, 1.82) is 0 Å². The van der Waals surface area contributed by atoms with Crippen LogP contribution in [0.25, 0.3) is 0 Å². The molecule has 1 aliphatic rings. The highest BCUT2D eigenvalue weighted by Gasteiger charge is 2.25. The minimum Gasteiger partial charge on any atom is -0.454 e. The van der Waals surface area contributed by atoms with Gasteiger partial charge in [0.15, 0.2) is 17.8 Å². The highest BCUT2D eigenvalue weighted by atomic mass is 35.5. The van der Waals surface area contributed by atoms with Crippen molar-refractivity contribution in [3.8, 4) is 11.5 Å². The predicted molar refractivity (Wildman–Crippen MR) is 64.3 cm³/mol. The third kappa shape index (κ3) is 2.43. The zero-order chi connectivity index (χ0) is 13.1. The maximum Gasteiger partial charge on any atom is 0.231 e. The monoisotopic (exact) mass is 272 g/mol. The molecule has 0 saturated heterocycles. The lowest BCUT2D eigenvalue weighted by Gasteiger charge is -2.19. The molecular weight excluding hydrogens is 260 g/mol. The van der Waals surface area contributed by atoms with Gasteiger partial charge in [-0.1, -0.05) is 0 Å². The highest BCUT2D eigenvalue weighted by molar-refractivity contribution is 6.17. The van der Waals surface area contributed by atoms with Crippen LogP contribution in [0.2, 0.25) is 0 Å². The van der Waals surface area contributed by atoms with Crippen LogP contribution in [-0.2, 0) is 0 Å². The van der Waals surface area contributed by atoms with E-state index in [1.54, 1.807) is 0 Å². The van der Waals surface area contributed by atoms with E-state index in [9.17, 15) is 15.0 Å². The van der Waals surface area contributed by atoms with Crippen LogP contribution in [0.5, 0.6) is 11.5 Å². The van der Waals surface area contributed by atoms with Gasteiger partial charge in [0.25, 0.3) is 0 Å². The molecule has 0 fully saturated rings. The average molecular weight is 273 g/mol. The Morgan fingerprint density at radius 2 is 2.00 bits per heavy atom. The molecule has 18 heavy (non-hydrogen) atoms. The molecule has 98 valence electrons. The molecule has 0 bridgehead atoms. The van der Waals surface area contributed by atoms with E-state index in [1.165, 1.54) is 12.1 Å². The number of rotatable bonds is 5. The van der Waals surface area contributed by atoms with Crippen molar-refractivity contribution in [2.24, 2.45) is 0 Å². The number of fused-ring (bicyclic) bond motifs is 1. The molecule has 0 spiro atoms. The molecule has 2 atom stereocenters. The Labute approximate surface area is 109 Å². The summed E-state index contributed by atoms with van der Waals surface area (Å²) >= 11 is 5.51. The third-order valence-electron chi connectivity index (χ3n) is 2.79. The average Bonchev–Trinajstić information content (AvgIpc) is 2.83. The first kappa shape index (κ1) is 13.1. The van der Waals surface area contributed by atoms with E-state index < -0.39 is 12.2 Å². The summed E-state index contributed by atoms with van der Waals surface area (Å²) in [6.45, 7) is 0.0808. The van der Waals surface area contributed by atoms with Crippen LogP contribution in [0.1, 0.15) is 28.4 Å². The molecule has 1 heterocycles. The van der Waals surface area contributed by atoms with Crippen molar-refractivity contribution in [2.45, 2.75) is 18.6 Å². The molecule has 1 aromatic rings. The number of halogens is 1. The van der Waals surface area contributed by atoms with Crippen molar-refractivity contribution in [3.05, 3.63) is 23.3 Å². The summed E-state index contributed by atoms with van der Waals surface area (Å²) in [6.07, 6.45) is -1.37. The van der Waals surface area contributed by atoms with Crippen LogP contribution in [0.3, 0.4) is 0 Å². The summed E-state index contributed by atoms with van der Waals surface area (Å²) in [4.78, 5) is 11.0. The predicted octanol–water partition coefficient (Wildman–Crippen LogP) is 1.25. The van der Waals surface area contributed by atoms with Crippen molar-refractivity contribution in [2.75, 3.05) is 12.7 Å². The van der Waals surface area contributed by atoms with E-state index in [2.05, 4.69) is 0 Å². The molecule has 2 unspecified atom stereocenters. The first-order valence-electron chi connectivity index (χ1n) is 5.48. The zero-order valence-corrected chi connectivity index (χ0v) is 10.3. The molecule has 1 aromatic carbocycles. The van der Waals surface area contributed by atoms with Crippen molar-refractivity contribution < 1.29 is 24.5 Å². The number of benzene rings is 1. The van der Waals surface area contributed by atoms with E-state index >= 15 is 0 Å². The highest BCUT2D eigenvalue weighted by Crippen LogP contribution is 2.37. The number of hydrogen-bond donors (Lipinski definition) is 2. The Kier molecular flexibility index (Phi) is 4.06. The van der Waals surface area contributed by atoms with Gasteiger partial charge >= 0.3 is 0 Å². The minimum atomic E-state index is -1.18. The molecule has 0 aliphatic carbocycles. The van der Waals surface area contributed by atoms with Gasteiger partial charge in [-0.25, -0.2) is 0 Å². The van der Waals surface area contributed by atoms with Gasteiger partial charge in [-0.05, 0) is 24.1 Å². The zero-order valence-electron chi connectivity index (χ0n) is 9.51. The number of ether oxygens (including phenoxy) is 2. The molecule has 0 saturated carbocycles. The Morgan fingerprint density at radius 1 is 1.33 bits per heavy atom. The SMILES string of the molecule is O=Cc1cc2c(cc1C(O)C(O)CCCl)OCO2. The van der Waals surface area contributed by atoms with E-state index in [-0.39, 0.29) is 24.7 Å². The maximum absolute atomic E-state index is 11.0. The first-order valence-corrected chi connectivity index (χ1v) is 6.01. The van der Waals surface area contributed by atoms with Gasteiger partial charge in [0.05, 0.1) is 6.10 Å². The summed E-state index contributed by atoms with van der Waals surface area (Å²) in [5.74, 6) is 1.13. The van der Waals surface area contributed by atoms with Gasteiger partial charge in [0.1, 0.15) is 6.10 Å². The van der Waals surface area contributed by atoms with E-state index in [0.717, 1.165) is 0 Å². The first-order chi connectivity index (χ1) is 8.67. The number of aliphatic hydroxyl groups excluding tert-OH is 2. The quantitative estimate of drug-likeness (QED) is 0.623. The topological polar surface area (TPSA) is 76.0 Å². The van der Waals surface area contributed by atoms with Crippen molar-refractivity contribution in [1.82, 2.24) is 0 Å². The van der Waals surface area contributed by atoms with Crippen LogP contribution in [0.4, 0.5) is 0 Å². The number of aldehydes is 1. The van der Waals surface area contributed by atoms with E-state index in [4.69, 9.17) is 21.1 Å². The molecule has 6 heteroatoms. The summed E-state index contributed by atoms with van der Waals surface area (Å²) < 4.78 is 10.3. The smallest absolute Gasteiger partial charge is 0.231 e. The summed E-state index contributed by atoms with van der Waals surface area (Å²) in [5.41, 5.74) is 0.576. The standard InChI is InChI=1S/C12H13ClO5/c13-2-1-9(15)12(16)8-4-11-10(17-6-18-11)3-7(8)5-14/h3-5,9,12,15-16H,1-2,6H2. The lowest BCUT2D eigenvalue weighted by atomic mass is 9.97. The van der Waals surface area contributed by atoms with Crippen LogP contribution >= 0.6 is 11.6 Å². The Balaban J connectivity index is 2.34. The number of alkyl halides is 1. The maximum atomic E-state index is 11.0. The second-order valence-corrected chi connectivity index (χ2v) is 4.32. The second kappa shape index (κ2) is 5.56. The Hall–Kier alpha value is -1.30. The molecule has 5 nitrogen and oxygen atoms in total. The molecule has 0 amide bonds. The molecule has 2 N–H and O–H groups in total. The van der Waals surface area contributed by atoms with Gasteiger partial charge in [-0.2, -0.15) is 0 Å². The second-order valence-electron chi connectivity index (χ2n) is 3.94. The fourth-order valence-corrected chi connectivity index (χ4v) is 2.03. The van der Waals surface area contributed by atoms with Crippen molar-refractivity contribution in [3.63, 3.8) is 0 Å². The Morgan fingerprint density at radius 3 is 2.61 bits per heavy atom. The molecule has 0 radical (unpaired) electrons. The fraction of sp³-hybridized carbons (Fsp3) is 0.417. The van der Waals surface area contributed by atoms with Gasteiger partial charge < -0.3 is 19.7 Å². The molecule has 1 aliphatic heterocycles. The van der Waals surface area contributed by atoms with E-state index in [0.29, 0.717) is 23.3 Å². The number of carbonyl (C=O) groups excluding carboxylic acids is 1. The summed E-state index contributed by atoms with van der Waals surface area (Å²) in [6, 6.07) is 3.00. The largest absolute Gasteiger partial charge is 0.454 e. The van der Waals surface area contributed by atoms with Crippen molar-refractivity contribution >= 4 is 17.9 Å². The van der Waals surface area contributed by atoms with Crippen LogP contribution < -0.4 is 9.47 Å². The van der Waals surface area contributed by atoms with Crippen LogP contribution in [0, 0.1) is 0 Å². The summed E-state index contributed by atoms with van der Waals surface area (Å²) in [5, 5.41) is 19.7. The van der Waals surface area contributed by atoms with Gasteiger partial charge in [-0.3, -0.25) is 4.79 Å². The van der Waals surface area contributed by atoms with Gasteiger partial charge in [0, 0.05) is 11.4 Å². The third-order valence-corrected chi connectivity index (χ3v) is 3.01. The molecule has 0 aromatic heterocycles. The van der Waals surface area contributed by atoms with Gasteiger partial charge in [-0.15, -0.1) is 11.6 Å². The number of carbonyl (C=O) groups is 1. The van der Waals surface area contributed by atoms with E-state index in [1.807, 2.05) is 0 Å². The number of hydrogen-bond acceptors (Lipinski definition) is 5. The lowest BCUT2D eigenvalue weighted by Crippen LogP contribution is -2.20. The van der Waals surface area contributed by atoms with Crippen LogP contribution in [-0.4, -0.2) is 35.3 Å². The minimum absolute atomic E-state index is 0.0808. The normalized spacial score (nSPS) is 16.4. The van der Waals surface area contributed by atoms with Crippen LogP contribution in [0.15, 0.2) is 12.1 Å².